The van der Waals surface area contributed by atoms with Gasteiger partial charge in [0.05, 0.1) is 23.0 Å². The van der Waals surface area contributed by atoms with E-state index in [9.17, 15) is 4.79 Å². The molecule has 1 heterocycles. The van der Waals surface area contributed by atoms with E-state index in [1.165, 1.54) is 0 Å². The van der Waals surface area contributed by atoms with Crippen LogP contribution in [0.1, 0.15) is 52.3 Å². The standard InChI is InChI=1S/C26H28N4O.2ClH/c1-16(2)13-23-22(15-28)24(20-9-5-17(3)6-10-20)25(18(4)29-23)30-26(31)21-11-7-19(14-27)8-12-21;;/h5-12,16H,13,15,28H2,1-4H3,(H,30,31);2*1H. The van der Waals surface area contributed by atoms with Crippen LogP contribution in [0.25, 0.3) is 11.1 Å². The minimum absolute atomic E-state index is 0. The van der Waals surface area contributed by atoms with Crippen molar-refractivity contribution in [3.63, 3.8) is 0 Å². The normalized spacial score (nSPS) is 10.1. The number of nitrogens with zero attached hydrogens (tertiary/aromatic N) is 2. The third-order valence-electron chi connectivity index (χ3n) is 5.23. The van der Waals surface area contributed by atoms with Crippen LogP contribution in [0.4, 0.5) is 5.69 Å². The van der Waals surface area contributed by atoms with Crippen LogP contribution in [0.5, 0.6) is 0 Å². The summed E-state index contributed by atoms with van der Waals surface area (Å²) in [5.74, 6) is 0.185. The number of nitriles is 1. The maximum absolute atomic E-state index is 13.0. The SMILES string of the molecule is Cc1ccc(-c2c(CN)c(CC(C)C)nc(C)c2NC(=O)c2ccc(C#N)cc2)cc1.Cl.Cl. The van der Waals surface area contributed by atoms with Gasteiger partial charge in [0.2, 0.25) is 0 Å². The molecule has 7 heteroatoms. The highest BCUT2D eigenvalue weighted by molar-refractivity contribution is 6.07. The highest BCUT2D eigenvalue weighted by atomic mass is 35.5. The van der Waals surface area contributed by atoms with E-state index in [1.54, 1.807) is 24.3 Å². The van der Waals surface area contributed by atoms with E-state index >= 15 is 0 Å². The molecule has 0 aliphatic heterocycles. The van der Waals surface area contributed by atoms with Crippen molar-refractivity contribution < 1.29 is 4.79 Å². The summed E-state index contributed by atoms with van der Waals surface area (Å²) in [6, 6.07) is 16.9. The van der Waals surface area contributed by atoms with Gasteiger partial charge in [-0.3, -0.25) is 9.78 Å². The minimum atomic E-state index is -0.248. The Balaban J connectivity index is 0.00000272. The maximum Gasteiger partial charge on any atom is 0.255 e. The summed E-state index contributed by atoms with van der Waals surface area (Å²) in [7, 11) is 0. The van der Waals surface area contributed by atoms with Gasteiger partial charge in [-0.15, -0.1) is 24.8 Å². The molecule has 3 N–H and O–H groups in total. The largest absolute Gasteiger partial charge is 0.326 e. The Kier molecular flexibility index (Phi) is 10.5. The highest BCUT2D eigenvalue weighted by Crippen LogP contribution is 2.36. The van der Waals surface area contributed by atoms with Crippen molar-refractivity contribution in [2.75, 3.05) is 5.32 Å². The molecule has 3 rings (SSSR count). The molecular formula is C26H30Cl2N4O. The summed E-state index contributed by atoms with van der Waals surface area (Å²) in [5, 5.41) is 12.1. The minimum Gasteiger partial charge on any atom is -0.326 e. The van der Waals surface area contributed by atoms with Gasteiger partial charge in [-0.2, -0.15) is 5.26 Å². The number of amides is 1. The van der Waals surface area contributed by atoms with Gasteiger partial charge in [-0.05, 0) is 61.6 Å². The number of benzene rings is 2. The predicted molar refractivity (Wildman–Crippen MR) is 139 cm³/mol. The van der Waals surface area contributed by atoms with Crippen LogP contribution in [-0.2, 0) is 13.0 Å². The lowest BCUT2D eigenvalue weighted by Crippen LogP contribution is -2.18. The summed E-state index contributed by atoms with van der Waals surface area (Å²) < 4.78 is 0. The summed E-state index contributed by atoms with van der Waals surface area (Å²) in [5.41, 5.74) is 13.6. The number of carbonyl (C=O) groups excluding carboxylic acids is 1. The van der Waals surface area contributed by atoms with Gasteiger partial charge in [0, 0.05) is 23.4 Å². The molecule has 0 radical (unpaired) electrons. The molecular weight excluding hydrogens is 455 g/mol. The van der Waals surface area contributed by atoms with Crippen LogP contribution < -0.4 is 11.1 Å². The second-order valence-corrected chi connectivity index (χ2v) is 8.18. The quantitative estimate of drug-likeness (QED) is 0.449. The number of rotatable bonds is 6. The molecule has 0 atom stereocenters. The topological polar surface area (TPSA) is 91.8 Å². The van der Waals surface area contributed by atoms with Crippen LogP contribution in [0.3, 0.4) is 0 Å². The van der Waals surface area contributed by atoms with Crippen LogP contribution in [0.15, 0.2) is 48.5 Å². The Hall–Kier alpha value is -2.91. The van der Waals surface area contributed by atoms with Crippen molar-refractivity contribution in [1.29, 1.82) is 5.26 Å². The second kappa shape index (κ2) is 12.4. The van der Waals surface area contributed by atoms with Crippen molar-refractivity contribution in [2.24, 2.45) is 11.7 Å². The Morgan fingerprint density at radius 2 is 1.67 bits per heavy atom. The van der Waals surface area contributed by atoms with Gasteiger partial charge < -0.3 is 11.1 Å². The van der Waals surface area contributed by atoms with E-state index < -0.39 is 0 Å². The van der Waals surface area contributed by atoms with Gasteiger partial charge >= 0.3 is 0 Å². The third-order valence-corrected chi connectivity index (χ3v) is 5.23. The molecule has 2 aromatic carbocycles. The number of carbonyl (C=O) groups is 1. The summed E-state index contributed by atoms with van der Waals surface area (Å²) in [4.78, 5) is 17.8. The first kappa shape index (κ1) is 28.1. The Labute approximate surface area is 208 Å². The fourth-order valence-electron chi connectivity index (χ4n) is 3.65. The lowest BCUT2D eigenvalue weighted by molar-refractivity contribution is 0.102. The van der Waals surface area contributed by atoms with Crippen LogP contribution in [-0.4, -0.2) is 10.9 Å². The van der Waals surface area contributed by atoms with Crippen molar-refractivity contribution in [3.8, 4) is 17.2 Å². The molecule has 0 unspecified atom stereocenters. The predicted octanol–water partition coefficient (Wildman–Crippen LogP) is 5.99. The van der Waals surface area contributed by atoms with Gasteiger partial charge in [-0.1, -0.05) is 43.7 Å². The van der Waals surface area contributed by atoms with Gasteiger partial charge in [0.15, 0.2) is 0 Å². The first-order valence-corrected chi connectivity index (χ1v) is 10.4. The average molecular weight is 485 g/mol. The van der Waals surface area contributed by atoms with Crippen molar-refractivity contribution in [1.82, 2.24) is 4.98 Å². The van der Waals surface area contributed by atoms with E-state index in [0.717, 1.165) is 40.1 Å². The number of aryl methyl sites for hydroxylation is 2. The van der Waals surface area contributed by atoms with Gasteiger partial charge in [-0.25, -0.2) is 0 Å². The Morgan fingerprint density at radius 3 is 2.18 bits per heavy atom. The molecule has 33 heavy (non-hydrogen) atoms. The average Bonchev–Trinajstić information content (AvgIpc) is 2.75. The summed E-state index contributed by atoms with van der Waals surface area (Å²) >= 11 is 0. The number of pyridine rings is 1. The van der Waals surface area contributed by atoms with Crippen molar-refractivity contribution in [2.45, 2.75) is 40.7 Å². The monoisotopic (exact) mass is 484 g/mol. The Morgan fingerprint density at radius 1 is 1.06 bits per heavy atom. The molecule has 0 bridgehead atoms. The molecule has 0 saturated heterocycles. The molecule has 0 aliphatic rings. The molecule has 0 spiro atoms. The second-order valence-electron chi connectivity index (χ2n) is 8.18. The maximum atomic E-state index is 13.0. The summed E-state index contributed by atoms with van der Waals surface area (Å²) in [6.45, 7) is 8.60. The molecule has 0 aliphatic carbocycles. The van der Waals surface area contributed by atoms with Crippen molar-refractivity contribution in [3.05, 3.63) is 82.2 Å². The van der Waals surface area contributed by atoms with Crippen molar-refractivity contribution >= 4 is 36.4 Å². The number of hydrogen-bond donors (Lipinski definition) is 2. The van der Waals surface area contributed by atoms with E-state index in [4.69, 9.17) is 16.0 Å². The van der Waals surface area contributed by atoms with Gasteiger partial charge in [0.25, 0.3) is 5.91 Å². The lowest BCUT2D eigenvalue weighted by Gasteiger charge is -2.21. The fourth-order valence-corrected chi connectivity index (χ4v) is 3.65. The number of nitrogens with one attached hydrogen (secondary N) is 1. The van der Waals surface area contributed by atoms with Crippen LogP contribution in [0.2, 0.25) is 0 Å². The fraction of sp³-hybridized carbons (Fsp3) is 0.269. The smallest absolute Gasteiger partial charge is 0.255 e. The first-order chi connectivity index (χ1) is 14.8. The first-order valence-electron chi connectivity index (χ1n) is 10.4. The molecule has 174 valence electrons. The molecule has 3 aromatic rings. The zero-order valence-electron chi connectivity index (χ0n) is 19.3. The molecule has 1 aromatic heterocycles. The molecule has 5 nitrogen and oxygen atoms in total. The van der Waals surface area contributed by atoms with Crippen LogP contribution in [0, 0.1) is 31.1 Å². The Bertz CT molecular complexity index is 1130. The number of nitrogens with two attached hydrogens (primary N) is 1. The van der Waals surface area contributed by atoms with E-state index in [1.807, 2.05) is 13.8 Å². The van der Waals surface area contributed by atoms with Crippen LogP contribution >= 0.6 is 24.8 Å². The van der Waals surface area contributed by atoms with Gasteiger partial charge in [0.1, 0.15) is 0 Å². The number of aromatic nitrogens is 1. The highest BCUT2D eigenvalue weighted by Gasteiger charge is 2.21. The zero-order chi connectivity index (χ0) is 22.5. The molecule has 0 fully saturated rings. The number of anilines is 1. The molecule has 0 saturated carbocycles. The van der Waals surface area contributed by atoms with E-state index in [2.05, 4.69) is 49.5 Å². The lowest BCUT2D eigenvalue weighted by atomic mass is 9.92. The number of hydrogen-bond acceptors (Lipinski definition) is 4. The summed E-state index contributed by atoms with van der Waals surface area (Å²) in [6.07, 6.45) is 0.816. The number of halogens is 2. The van der Waals surface area contributed by atoms with E-state index in [-0.39, 0.29) is 30.7 Å². The molecule has 1 amide bonds. The van der Waals surface area contributed by atoms with E-state index in [0.29, 0.717) is 29.3 Å². The third kappa shape index (κ3) is 6.55. The zero-order valence-corrected chi connectivity index (χ0v) is 20.9.